The van der Waals surface area contributed by atoms with E-state index >= 15 is 0 Å². The molecule has 1 aromatic carbocycles. The van der Waals surface area contributed by atoms with Crippen LogP contribution in [0.5, 0.6) is 5.75 Å². The zero-order valence-corrected chi connectivity index (χ0v) is 20.5. The molecule has 15 heteroatoms. The van der Waals surface area contributed by atoms with Gasteiger partial charge in [-0.3, -0.25) is 28.6 Å². The highest BCUT2D eigenvalue weighted by molar-refractivity contribution is 8.01. The molecule has 2 aliphatic rings. The Bertz CT molecular complexity index is 1370. The molecule has 36 heavy (non-hydrogen) atoms. The van der Waals surface area contributed by atoms with Crippen LogP contribution < -0.4 is 22.2 Å². The number of carbonyl (C=O) groups excluding carboxylic acids is 2. The molecule has 190 valence electrons. The number of carboxylic acids is 1. The lowest BCUT2D eigenvalue weighted by Gasteiger charge is -2.49. The van der Waals surface area contributed by atoms with E-state index in [0.717, 1.165) is 16.7 Å². The van der Waals surface area contributed by atoms with Crippen molar-refractivity contribution in [3.8, 4) is 5.75 Å². The lowest BCUT2D eigenvalue weighted by molar-refractivity contribution is -0.150. The SMILES string of the molecule is CCn1c(SCC2=C(C(=O)O)N3C(=O)[C@@H](NC(=O)[C@H](N)c4ccc(O)cc4)[C@H]3SC2)n[nH]c(=O)c1=O. The molecule has 3 atom stereocenters. The molecule has 1 aromatic heterocycles. The molecule has 1 saturated heterocycles. The van der Waals surface area contributed by atoms with Gasteiger partial charge in [-0.15, -0.1) is 16.9 Å². The molecule has 2 aliphatic heterocycles. The quantitative estimate of drug-likeness (QED) is 0.161. The zero-order valence-electron chi connectivity index (χ0n) is 18.8. The average molecular weight is 535 g/mol. The predicted octanol–water partition coefficient (Wildman–Crippen LogP) is -0.812. The molecule has 0 radical (unpaired) electrons. The second-order valence-electron chi connectivity index (χ2n) is 7.90. The third kappa shape index (κ3) is 4.64. The van der Waals surface area contributed by atoms with Crippen molar-refractivity contribution in [3.05, 3.63) is 61.8 Å². The summed E-state index contributed by atoms with van der Waals surface area (Å²) >= 11 is 2.36. The molecule has 2 amide bonds. The third-order valence-electron chi connectivity index (χ3n) is 5.70. The van der Waals surface area contributed by atoms with E-state index in [2.05, 4.69) is 15.5 Å². The summed E-state index contributed by atoms with van der Waals surface area (Å²) in [4.78, 5) is 62.2. The molecule has 0 aliphatic carbocycles. The topological polar surface area (TPSA) is 201 Å². The van der Waals surface area contributed by atoms with E-state index in [1.165, 1.54) is 40.6 Å². The van der Waals surface area contributed by atoms with Crippen LogP contribution in [0.4, 0.5) is 0 Å². The number of β-lactam (4-membered cyclic amide) rings is 1. The largest absolute Gasteiger partial charge is 0.508 e. The number of aromatic hydroxyl groups is 1. The molecule has 0 unspecified atom stereocenters. The zero-order chi connectivity index (χ0) is 26.1. The number of hydrogen-bond acceptors (Lipinski definition) is 10. The number of thioether (sulfide) groups is 2. The first-order valence-corrected chi connectivity index (χ1v) is 12.7. The van der Waals surface area contributed by atoms with Gasteiger partial charge in [0.2, 0.25) is 5.91 Å². The van der Waals surface area contributed by atoms with Gasteiger partial charge in [0.15, 0.2) is 5.16 Å². The average Bonchev–Trinajstić information content (AvgIpc) is 2.87. The lowest BCUT2D eigenvalue weighted by atomic mass is 10.0. The van der Waals surface area contributed by atoms with Crippen molar-refractivity contribution in [1.29, 1.82) is 0 Å². The van der Waals surface area contributed by atoms with Crippen LogP contribution in [0.25, 0.3) is 0 Å². The van der Waals surface area contributed by atoms with Gasteiger partial charge in [-0.1, -0.05) is 23.9 Å². The number of benzene rings is 1. The van der Waals surface area contributed by atoms with Gasteiger partial charge < -0.3 is 21.3 Å². The van der Waals surface area contributed by atoms with Crippen molar-refractivity contribution >= 4 is 41.3 Å². The van der Waals surface area contributed by atoms with E-state index < -0.39 is 46.4 Å². The van der Waals surface area contributed by atoms with Crippen LogP contribution in [0, 0.1) is 0 Å². The van der Waals surface area contributed by atoms with E-state index in [1.807, 2.05) is 0 Å². The van der Waals surface area contributed by atoms with Crippen LogP contribution in [0.2, 0.25) is 0 Å². The maximum absolute atomic E-state index is 12.9. The fourth-order valence-electron chi connectivity index (χ4n) is 3.83. The van der Waals surface area contributed by atoms with Crippen molar-refractivity contribution in [2.75, 3.05) is 11.5 Å². The fourth-order valence-corrected chi connectivity index (χ4v) is 6.32. The Kier molecular flexibility index (Phi) is 7.23. The Morgan fingerprint density at radius 2 is 2.00 bits per heavy atom. The number of nitrogens with two attached hydrogens (primary N) is 1. The highest BCUT2D eigenvalue weighted by Gasteiger charge is 2.54. The molecule has 3 heterocycles. The van der Waals surface area contributed by atoms with Gasteiger partial charge in [-0.2, -0.15) is 0 Å². The molecule has 4 rings (SSSR count). The van der Waals surface area contributed by atoms with E-state index in [9.17, 15) is 34.2 Å². The molecule has 0 bridgehead atoms. The second-order valence-corrected chi connectivity index (χ2v) is 9.94. The summed E-state index contributed by atoms with van der Waals surface area (Å²) in [5.74, 6) is -2.08. The molecule has 0 saturated carbocycles. The fraction of sp³-hybridized carbons (Fsp3) is 0.333. The third-order valence-corrected chi connectivity index (χ3v) is 8.10. The number of phenols is 1. The number of nitrogens with one attached hydrogen (secondary N) is 2. The molecule has 13 nitrogen and oxygen atoms in total. The molecule has 2 aromatic rings. The first kappa shape index (κ1) is 25.5. The Morgan fingerprint density at radius 3 is 2.64 bits per heavy atom. The van der Waals surface area contributed by atoms with Crippen LogP contribution in [-0.2, 0) is 20.9 Å². The van der Waals surface area contributed by atoms with Crippen molar-refractivity contribution < 1.29 is 24.6 Å². The Morgan fingerprint density at radius 1 is 1.31 bits per heavy atom. The number of aromatic nitrogens is 3. The van der Waals surface area contributed by atoms with Crippen LogP contribution >= 0.6 is 23.5 Å². The van der Waals surface area contributed by atoms with Gasteiger partial charge in [-0.25, -0.2) is 9.89 Å². The minimum atomic E-state index is -1.29. The van der Waals surface area contributed by atoms with Crippen LogP contribution in [-0.4, -0.2) is 70.6 Å². The van der Waals surface area contributed by atoms with Crippen LogP contribution in [0.3, 0.4) is 0 Å². The normalized spacial score (nSPS) is 19.9. The van der Waals surface area contributed by atoms with Crippen molar-refractivity contribution in [2.45, 2.75) is 36.1 Å². The number of fused-ring (bicyclic) bond motifs is 1. The predicted molar refractivity (Wildman–Crippen MR) is 130 cm³/mol. The van der Waals surface area contributed by atoms with Crippen LogP contribution in [0.15, 0.2) is 50.3 Å². The van der Waals surface area contributed by atoms with Gasteiger partial charge in [0.25, 0.3) is 5.91 Å². The summed E-state index contributed by atoms with van der Waals surface area (Å²) in [5, 5.41) is 27.4. The molecular weight excluding hydrogens is 512 g/mol. The molecule has 1 fully saturated rings. The summed E-state index contributed by atoms with van der Waals surface area (Å²) in [6.07, 6.45) is 0. The van der Waals surface area contributed by atoms with Crippen LogP contribution in [0.1, 0.15) is 18.5 Å². The number of hydrogen-bond donors (Lipinski definition) is 5. The smallest absolute Gasteiger partial charge is 0.352 e. The monoisotopic (exact) mass is 534 g/mol. The summed E-state index contributed by atoms with van der Waals surface area (Å²) in [6, 6.07) is 3.75. The second kappa shape index (κ2) is 10.2. The number of H-pyrrole nitrogens is 1. The van der Waals surface area contributed by atoms with E-state index in [0.29, 0.717) is 11.1 Å². The number of aliphatic carboxylic acids is 1. The summed E-state index contributed by atoms with van der Waals surface area (Å²) < 4.78 is 1.18. The van der Waals surface area contributed by atoms with E-state index in [4.69, 9.17) is 5.73 Å². The first-order valence-electron chi connectivity index (χ1n) is 10.7. The van der Waals surface area contributed by atoms with Gasteiger partial charge in [0.1, 0.15) is 28.9 Å². The number of nitrogens with zero attached hydrogens (tertiary/aromatic N) is 3. The highest BCUT2D eigenvalue weighted by atomic mass is 32.2. The standard InChI is InChI=1S/C21H22N6O7S2/c1-2-26-18(32)16(30)24-25-21(26)36-8-10-7-35-19-13(17(31)27(19)14(10)20(33)34)23-15(29)12(22)9-3-5-11(28)6-4-9/h3-6,12-13,19,28H,2,7-8,22H2,1H3,(H,23,29)(H,24,30)(H,33,34)/t12-,13-,19-/m1/s1. The minimum absolute atomic E-state index is 0.0195. The number of carboxylic acid groups (broad SMARTS) is 1. The van der Waals surface area contributed by atoms with Crippen molar-refractivity contribution in [1.82, 2.24) is 25.0 Å². The maximum Gasteiger partial charge on any atom is 0.352 e. The Balaban J connectivity index is 1.49. The first-order chi connectivity index (χ1) is 17.1. The number of aromatic amines is 1. The van der Waals surface area contributed by atoms with E-state index in [-0.39, 0.29) is 34.7 Å². The number of phenolic OH excluding ortho intramolecular Hbond substituents is 1. The summed E-state index contributed by atoms with van der Waals surface area (Å²) in [6.45, 7) is 1.88. The number of rotatable bonds is 8. The lowest BCUT2D eigenvalue weighted by Crippen LogP contribution is -2.71. The van der Waals surface area contributed by atoms with Crippen molar-refractivity contribution in [2.24, 2.45) is 5.73 Å². The minimum Gasteiger partial charge on any atom is -0.508 e. The number of carbonyl (C=O) groups is 3. The van der Waals surface area contributed by atoms with Crippen molar-refractivity contribution in [3.63, 3.8) is 0 Å². The highest BCUT2D eigenvalue weighted by Crippen LogP contribution is 2.41. The molecule has 6 N–H and O–H groups in total. The number of amides is 2. The molecular formula is C21H22N6O7S2. The molecule has 0 spiro atoms. The Labute approximate surface area is 211 Å². The summed E-state index contributed by atoms with van der Waals surface area (Å²) in [7, 11) is 0. The van der Waals surface area contributed by atoms with Gasteiger partial charge in [0.05, 0.1) is 0 Å². The maximum atomic E-state index is 12.9. The van der Waals surface area contributed by atoms with Gasteiger partial charge in [-0.05, 0) is 30.2 Å². The Hall–Kier alpha value is -3.56. The van der Waals surface area contributed by atoms with E-state index in [1.54, 1.807) is 6.92 Å². The summed E-state index contributed by atoms with van der Waals surface area (Å²) in [5.41, 5.74) is 5.07. The van der Waals surface area contributed by atoms with Gasteiger partial charge in [0, 0.05) is 18.1 Å². The van der Waals surface area contributed by atoms with Gasteiger partial charge >= 0.3 is 17.1 Å².